The number of pyridine rings is 1. The highest BCUT2D eigenvalue weighted by molar-refractivity contribution is 6.26. The largest absolute Gasteiger partial charge is 0.493 e. The van der Waals surface area contributed by atoms with Crippen molar-refractivity contribution in [3.05, 3.63) is 88.2 Å². The number of fused-ring (bicyclic) bond motifs is 6. The Balaban J connectivity index is 1.19. The Morgan fingerprint density at radius 2 is 1.41 bits per heavy atom. The van der Waals surface area contributed by atoms with Gasteiger partial charge in [0.2, 0.25) is 5.78 Å². The van der Waals surface area contributed by atoms with Gasteiger partial charge in [0.05, 0.1) is 42.7 Å². The fraction of sp³-hybridized carbons (Fsp3) is 0.282. The third-order valence-corrected chi connectivity index (χ3v) is 10.1. The maximum absolute atomic E-state index is 14.0. The molecule has 0 saturated heterocycles. The van der Waals surface area contributed by atoms with Crippen molar-refractivity contribution in [3.8, 4) is 57.1 Å². The molecule has 10 nitrogen and oxygen atoms in total. The van der Waals surface area contributed by atoms with Gasteiger partial charge in [-0.2, -0.15) is 0 Å². The van der Waals surface area contributed by atoms with E-state index in [1.54, 1.807) is 54.9 Å². The molecule has 1 aliphatic carbocycles. The summed E-state index contributed by atoms with van der Waals surface area (Å²) < 4.78 is 41.2. The van der Waals surface area contributed by atoms with Crippen molar-refractivity contribution in [2.45, 2.75) is 25.4 Å². The van der Waals surface area contributed by atoms with Crippen LogP contribution < -0.4 is 33.2 Å². The van der Waals surface area contributed by atoms with Gasteiger partial charge in [-0.25, -0.2) is 0 Å². The molecule has 1 atom stereocenters. The van der Waals surface area contributed by atoms with Gasteiger partial charge in [-0.05, 0) is 77.4 Å². The van der Waals surface area contributed by atoms with Gasteiger partial charge >= 0.3 is 0 Å². The van der Waals surface area contributed by atoms with Crippen LogP contribution in [0.5, 0.6) is 46.0 Å². The van der Waals surface area contributed by atoms with E-state index >= 15 is 0 Å². The molecule has 0 radical (unpaired) electrons. The van der Waals surface area contributed by atoms with Crippen LogP contribution in [0.25, 0.3) is 21.9 Å². The van der Waals surface area contributed by atoms with Crippen molar-refractivity contribution in [2.24, 2.45) is 0 Å². The molecule has 2 aliphatic heterocycles. The molecule has 1 aromatic heterocycles. The first-order chi connectivity index (χ1) is 23.9. The van der Waals surface area contributed by atoms with Crippen LogP contribution in [-0.2, 0) is 19.4 Å². The fourth-order valence-electron chi connectivity index (χ4n) is 7.76. The second-order valence-electron chi connectivity index (χ2n) is 12.3. The average Bonchev–Trinajstić information content (AvgIpc) is 3.14. The van der Waals surface area contributed by atoms with Crippen LogP contribution in [0.4, 0.5) is 0 Å². The van der Waals surface area contributed by atoms with Gasteiger partial charge in [0, 0.05) is 53.0 Å². The normalized spacial score (nSPS) is 15.8. The highest BCUT2D eigenvalue weighted by atomic mass is 16.5. The van der Waals surface area contributed by atoms with E-state index in [2.05, 4.69) is 28.1 Å². The summed E-state index contributed by atoms with van der Waals surface area (Å²) in [7, 11) is 9.76. The Labute approximate surface area is 284 Å². The molecule has 3 aliphatic rings. The summed E-state index contributed by atoms with van der Waals surface area (Å²) in [5.41, 5.74) is 6.97. The number of nitrogens with zero attached hydrogens (tertiary/aromatic N) is 2. The fourth-order valence-corrected chi connectivity index (χ4v) is 7.76. The molecule has 250 valence electrons. The van der Waals surface area contributed by atoms with E-state index in [1.165, 1.54) is 22.3 Å². The van der Waals surface area contributed by atoms with Crippen molar-refractivity contribution in [1.82, 2.24) is 9.88 Å². The molecule has 0 bridgehead atoms. The van der Waals surface area contributed by atoms with E-state index in [4.69, 9.17) is 33.2 Å². The SMILES string of the molecule is COc1cc2c(cc1Oc1cc3c(cc1OC)-c1c(OC)c(OC)cc4ccnc(c14)C3=O)CCN1Cc3c(ccc(OC)c3OC)CC21. The van der Waals surface area contributed by atoms with E-state index in [0.29, 0.717) is 56.7 Å². The third kappa shape index (κ3) is 4.65. The lowest BCUT2D eigenvalue weighted by molar-refractivity contribution is 0.103. The molecule has 0 amide bonds. The second kappa shape index (κ2) is 11.9. The minimum Gasteiger partial charge on any atom is -0.493 e. The molecule has 8 rings (SSSR count). The Bertz CT molecular complexity index is 2180. The van der Waals surface area contributed by atoms with Crippen molar-refractivity contribution in [3.63, 3.8) is 0 Å². The third-order valence-electron chi connectivity index (χ3n) is 10.1. The van der Waals surface area contributed by atoms with Crippen LogP contribution in [0.3, 0.4) is 0 Å². The highest BCUT2D eigenvalue weighted by Gasteiger charge is 2.36. The van der Waals surface area contributed by atoms with Crippen molar-refractivity contribution >= 4 is 16.6 Å². The molecule has 10 heteroatoms. The van der Waals surface area contributed by atoms with Gasteiger partial charge in [0.15, 0.2) is 46.0 Å². The molecule has 0 spiro atoms. The first kappa shape index (κ1) is 30.8. The molecule has 0 saturated carbocycles. The minimum atomic E-state index is -0.211. The second-order valence-corrected chi connectivity index (χ2v) is 12.3. The van der Waals surface area contributed by atoms with Gasteiger partial charge in [0.1, 0.15) is 5.69 Å². The molecule has 4 aromatic carbocycles. The quantitative estimate of drug-likeness (QED) is 0.171. The standard InChI is InChI=1S/C39H36N2O8/c1-43-28-8-7-20-13-27-23-16-29(44-2)31(14-21(23)10-12-41(27)19-26(20)38(28)47-5)49-32-18-25-24(17-30(32)45-3)35-34-22(9-11-40-36(34)37(25)42)15-33(46-4)39(35)48-6/h7-9,11,14-18,27H,10,12-13,19H2,1-6H3. The molecule has 3 heterocycles. The summed E-state index contributed by atoms with van der Waals surface area (Å²) in [5, 5.41) is 1.54. The molecular formula is C39H36N2O8. The smallest absolute Gasteiger partial charge is 0.212 e. The van der Waals surface area contributed by atoms with E-state index < -0.39 is 0 Å². The topological polar surface area (TPSA) is 97.8 Å². The van der Waals surface area contributed by atoms with Gasteiger partial charge < -0.3 is 33.2 Å². The van der Waals surface area contributed by atoms with Crippen LogP contribution in [0.1, 0.15) is 44.3 Å². The Morgan fingerprint density at radius 3 is 2.14 bits per heavy atom. The number of carbonyl (C=O) groups is 1. The van der Waals surface area contributed by atoms with Crippen LogP contribution in [0.15, 0.2) is 54.7 Å². The zero-order valence-corrected chi connectivity index (χ0v) is 28.3. The van der Waals surface area contributed by atoms with E-state index in [0.717, 1.165) is 48.4 Å². The predicted octanol–water partition coefficient (Wildman–Crippen LogP) is 6.95. The lowest BCUT2D eigenvalue weighted by atomic mass is 9.83. The van der Waals surface area contributed by atoms with Gasteiger partial charge in [-0.3, -0.25) is 14.7 Å². The Hall–Kier alpha value is -5.48. The molecule has 49 heavy (non-hydrogen) atoms. The zero-order valence-electron chi connectivity index (χ0n) is 28.3. The summed E-state index contributed by atoms with van der Waals surface area (Å²) in [4.78, 5) is 21.0. The first-order valence-electron chi connectivity index (χ1n) is 16.1. The van der Waals surface area contributed by atoms with Gasteiger partial charge in [0.25, 0.3) is 0 Å². The summed E-state index contributed by atoms with van der Waals surface area (Å²) in [5.74, 6) is 4.38. The van der Waals surface area contributed by atoms with Gasteiger partial charge in [-0.15, -0.1) is 0 Å². The van der Waals surface area contributed by atoms with E-state index in [-0.39, 0.29) is 11.8 Å². The monoisotopic (exact) mass is 660 g/mol. The van der Waals surface area contributed by atoms with Crippen molar-refractivity contribution in [1.29, 1.82) is 0 Å². The summed E-state index contributed by atoms with van der Waals surface area (Å²) in [6.07, 6.45) is 3.31. The number of rotatable bonds is 8. The Kier molecular flexibility index (Phi) is 7.48. The predicted molar refractivity (Wildman–Crippen MR) is 183 cm³/mol. The van der Waals surface area contributed by atoms with E-state index in [9.17, 15) is 4.79 Å². The Morgan fingerprint density at radius 1 is 0.694 bits per heavy atom. The summed E-state index contributed by atoms with van der Waals surface area (Å²) in [6, 6.07) is 15.7. The van der Waals surface area contributed by atoms with Crippen LogP contribution in [0.2, 0.25) is 0 Å². The number of ketones is 1. The number of methoxy groups -OCH3 is 6. The summed E-state index contributed by atoms with van der Waals surface area (Å²) in [6.45, 7) is 1.65. The number of ether oxygens (including phenoxy) is 7. The molecule has 5 aromatic rings. The van der Waals surface area contributed by atoms with Crippen molar-refractivity contribution in [2.75, 3.05) is 49.2 Å². The molecule has 1 unspecified atom stereocenters. The number of aromatic nitrogens is 1. The van der Waals surface area contributed by atoms with Crippen LogP contribution >= 0.6 is 0 Å². The van der Waals surface area contributed by atoms with Crippen LogP contribution in [0, 0.1) is 0 Å². The first-order valence-corrected chi connectivity index (χ1v) is 16.1. The van der Waals surface area contributed by atoms with Crippen molar-refractivity contribution < 1.29 is 38.0 Å². The maximum Gasteiger partial charge on any atom is 0.212 e. The molecular weight excluding hydrogens is 624 g/mol. The maximum atomic E-state index is 14.0. The number of benzene rings is 4. The number of hydrogen-bond donors (Lipinski definition) is 0. The minimum absolute atomic E-state index is 0.176. The average molecular weight is 661 g/mol. The molecule has 0 N–H and O–H groups in total. The van der Waals surface area contributed by atoms with Crippen LogP contribution in [-0.4, -0.2) is 64.9 Å². The van der Waals surface area contributed by atoms with E-state index in [1.807, 2.05) is 24.3 Å². The number of hydrogen-bond acceptors (Lipinski definition) is 10. The number of carbonyl (C=O) groups excluding carboxylic acids is 1. The zero-order chi connectivity index (χ0) is 34.0. The summed E-state index contributed by atoms with van der Waals surface area (Å²) >= 11 is 0. The van der Waals surface area contributed by atoms with Gasteiger partial charge in [-0.1, -0.05) is 6.07 Å². The lowest BCUT2D eigenvalue weighted by Crippen LogP contribution is -2.39. The molecule has 0 fully saturated rings. The lowest BCUT2D eigenvalue weighted by Gasteiger charge is -2.42. The highest BCUT2D eigenvalue weighted by Crippen LogP contribution is 2.52.